The van der Waals surface area contributed by atoms with E-state index < -0.39 is 0 Å². The average molecular weight is 374 g/mol. The number of benzene rings is 2. The number of para-hydroxylation sites is 2. The van der Waals surface area contributed by atoms with Gasteiger partial charge in [0.1, 0.15) is 6.10 Å². The van der Waals surface area contributed by atoms with Gasteiger partial charge in [-0.2, -0.15) is 0 Å². The molecule has 0 aliphatic carbocycles. The number of rotatable bonds is 4. The number of piperidine rings is 1. The zero-order valence-corrected chi connectivity index (χ0v) is 15.5. The molecule has 1 saturated heterocycles. The molecule has 0 bridgehead atoms. The number of carbonyl (C=O) groups is 1. The third-order valence-corrected chi connectivity index (χ3v) is 4.68. The number of hydrogen-bond donors (Lipinski definition) is 0. The molecule has 0 radical (unpaired) electrons. The summed E-state index contributed by atoms with van der Waals surface area (Å²) in [7, 11) is 0. The molecule has 2 amide bonds. The van der Waals surface area contributed by atoms with Gasteiger partial charge in [-0.3, -0.25) is 4.90 Å². The summed E-state index contributed by atoms with van der Waals surface area (Å²) >= 11 is 0. The summed E-state index contributed by atoms with van der Waals surface area (Å²) in [6.45, 7) is 1.21. The third kappa shape index (κ3) is 4.11. The maximum Gasteiger partial charge on any atom is 0.329 e. The van der Waals surface area contributed by atoms with Crippen molar-refractivity contribution in [2.24, 2.45) is 0 Å². The van der Waals surface area contributed by atoms with E-state index in [-0.39, 0.29) is 12.1 Å². The van der Waals surface area contributed by atoms with E-state index in [0.717, 1.165) is 24.2 Å². The molecule has 0 spiro atoms. The summed E-state index contributed by atoms with van der Waals surface area (Å²) in [6, 6.07) is 21.5. The van der Waals surface area contributed by atoms with Crippen LogP contribution in [-0.2, 0) is 0 Å². The molecule has 2 heterocycles. The van der Waals surface area contributed by atoms with Gasteiger partial charge < -0.3 is 9.64 Å². The van der Waals surface area contributed by atoms with Crippen molar-refractivity contribution < 1.29 is 9.53 Å². The van der Waals surface area contributed by atoms with Crippen molar-refractivity contribution in [1.29, 1.82) is 0 Å². The average Bonchev–Trinajstić information content (AvgIpc) is 2.76. The molecule has 0 saturated carbocycles. The Morgan fingerprint density at radius 2 is 1.54 bits per heavy atom. The largest absolute Gasteiger partial charge is 0.458 e. The number of anilines is 2. The Morgan fingerprint density at radius 1 is 0.929 bits per heavy atom. The lowest BCUT2D eigenvalue weighted by Crippen LogP contribution is -2.49. The highest BCUT2D eigenvalue weighted by molar-refractivity contribution is 5.99. The van der Waals surface area contributed by atoms with Crippen molar-refractivity contribution in [3.63, 3.8) is 0 Å². The van der Waals surface area contributed by atoms with Gasteiger partial charge in [0.25, 0.3) is 0 Å². The normalized spacial score (nSPS) is 16.4. The SMILES string of the molecule is O=C(N1CCCC(Oc2ncccn2)C1)N(c1ccccc1)c1ccccc1. The molecule has 4 rings (SSSR count). The summed E-state index contributed by atoms with van der Waals surface area (Å²) in [5.41, 5.74) is 1.68. The lowest BCUT2D eigenvalue weighted by molar-refractivity contribution is 0.0969. The fourth-order valence-electron chi connectivity index (χ4n) is 3.37. The maximum absolute atomic E-state index is 13.5. The molecule has 2 aromatic carbocycles. The van der Waals surface area contributed by atoms with Crippen LogP contribution in [0.1, 0.15) is 12.8 Å². The smallest absolute Gasteiger partial charge is 0.329 e. The molecular weight excluding hydrogens is 352 g/mol. The highest BCUT2D eigenvalue weighted by Gasteiger charge is 2.30. The summed E-state index contributed by atoms with van der Waals surface area (Å²) < 4.78 is 5.89. The maximum atomic E-state index is 13.5. The second-order valence-electron chi connectivity index (χ2n) is 6.65. The first-order chi connectivity index (χ1) is 13.8. The van der Waals surface area contributed by atoms with Crippen molar-refractivity contribution >= 4 is 17.4 Å². The van der Waals surface area contributed by atoms with Crippen molar-refractivity contribution in [3.8, 4) is 6.01 Å². The van der Waals surface area contributed by atoms with Crippen LogP contribution in [-0.4, -0.2) is 40.1 Å². The van der Waals surface area contributed by atoms with Gasteiger partial charge in [-0.1, -0.05) is 36.4 Å². The molecule has 3 aromatic rings. The monoisotopic (exact) mass is 374 g/mol. The molecule has 1 fully saturated rings. The molecule has 6 nitrogen and oxygen atoms in total. The van der Waals surface area contributed by atoms with Gasteiger partial charge in [0.15, 0.2) is 0 Å². The minimum atomic E-state index is -0.117. The van der Waals surface area contributed by atoms with Crippen LogP contribution >= 0.6 is 0 Å². The van der Waals surface area contributed by atoms with Crippen molar-refractivity contribution in [2.45, 2.75) is 18.9 Å². The lowest BCUT2D eigenvalue weighted by Gasteiger charge is -2.36. The van der Waals surface area contributed by atoms with Gasteiger partial charge in [0.05, 0.1) is 17.9 Å². The van der Waals surface area contributed by atoms with Crippen molar-refractivity contribution in [3.05, 3.63) is 79.1 Å². The number of likely N-dealkylation sites (tertiary alicyclic amines) is 1. The van der Waals surface area contributed by atoms with Crippen LogP contribution in [0.3, 0.4) is 0 Å². The number of hydrogen-bond acceptors (Lipinski definition) is 4. The van der Waals surface area contributed by atoms with E-state index in [1.54, 1.807) is 23.4 Å². The van der Waals surface area contributed by atoms with E-state index in [4.69, 9.17) is 4.74 Å². The van der Waals surface area contributed by atoms with E-state index in [1.807, 2.05) is 65.6 Å². The van der Waals surface area contributed by atoms with Crippen molar-refractivity contribution in [2.75, 3.05) is 18.0 Å². The fourth-order valence-corrected chi connectivity index (χ4v) is 3.37. The zero-order valence-electron chi connectivity index (χ0n) is 15.5. The molecule has 6 heteroatoms. The molecule has 1 aliphatic rings. The first-order valence-electron chi connectivity index (χ1n) is 9.44. The first kappa shape index (κ1) is 18.0. The third-order valence-electron chi connectivity index (χ3n) is 4.68. The summed E-state index contributed by atoms with van der Waals surface area (Å²) in [6.07, 6.45) is 4.94. The Bertz CT molecular complexity index is 851. The Hall–Kier alpha value is -3.41. The highest BCUT2D eigenvalue weighted by atomic mass is 16.5. The van der Waals surface area contributed by atoms with Crippen LogP contribution in [0.15, 0.2) is 79.1 Å². The minimum absolute atomic E-state index is 0.0559. The Balaban J connectivity index is 1.55. The number of ether oxygens (including phenoxy) is 1. The molecular formula is C22H22N4O2. The second kappa shape index (κ2) is 8.52. The Morgan fingerprint density at radius 3 is 2.14 bits per heavy atom. The van der Waals surface area contributed by atoms with E-state index in [9.17, 15) is 4.79 Å². The number of amides is 2. The van der Waals surface area contributed by atoms with Crippen molar-refractivity contribution in [1.82, 2.24) is 14.9 Å². The van der Waals surface area contributed by atoms with Crippen LogP contribution in [0.25, 0.3) is 0 Å². The fraction of sp³-hybridized carbons (Fsp3) is 0.227. The number of nitrogens with zero attached hydrogens (tertiary/aromatic N) is 4. The second-order valence-corrected chi connectivity index (χ2v) is 6.65. The van der Waals surface area contributed by atoms with Crippen LogP contribution in [0.2, 0.25) is 0 Å². The molecule has 142 valence electrons. The summed E-state index contributed by atoms with van der Waals surface area (Å²) in [4.78, 5) is 25.3. The molecule has 28 heavy (non-hydrogen) atoms. The number of aromatic nitrogens is 2. The summed E-state index contributed by atoms with van der Waals surface area (Å²) in [5, 5.41) is 0. The highest BCUT2D eigenvalue weighted by Crippen LogP contribution is 2.28. The topological polar surface area (TPSA) is 58.6 Å². The van der Waals surface area contributed by atoms with Gasteiger partial charge in [-0.05, 0) is 43.2 Å². The van der Waals surface area contributed by atoms with E-state index in [0.29, 0.717) is 19.1 Å². The molecule has 1 atom stereocenters. The summed E-state index contributed by atoms with van der Waals surface area (Å²) in [5.74, 6) is 0. The predicted molar refractivity (Wildman–Crippen MR) is 108 cm³/mol. The van der Waals surface area contributed by atoms with Gasteiger partial charge in [-0.25, -0.2) is 14.8 Å². The quantitative estimate of drug-likeness (QED) is 0.684. The van der Waals surface area contributed by atoms with Gasteiger partial charge in [0, 0.05) is 18.9 Å². The number of urea groups is 1. The van der Waals surface area contributed by atoms with Crippen LogP contribution in [0.5, 0.6) is 6.01 Å². The van der Waals surface area contributed by atoms with E-state index >= 15 is 0 Å². The van der Waals surface area contributed by atoms with Crippen LogP contribution in [0, 0.1) is 0 Å². The predicted octanol–water partition coefficient (Wildman–Crippen LogP) is 4.28. The lowest BCUT2D eigenvalue weighted by atomic mass is 10.1. The standard InChI is InChI=1S/C22H22N4O2/c27-22(25-16-7-13-20(17-25)28-21-23-14-8-15-24-21)26(18-9-3-1-4-10-18)19-11-5-2-6-12-19/h1-6,8-12,14-15,20H,7,13,16-17H2. The van der Waals surface area contributed by atoms with E-state index in [1.165, 1.54) is 0 Å². The van der Waals surface area contributed by atoms with Gasteiger partial charge in [-0.15, -0.1) is 0 Å². The van der Waals surface area contributed by atoms with Crippen LogP contribution < -0.4 is 9.64 Å². The minimum Gasteiger partial charge on any atom is -0.458 e. The molecule has 1 unspecified atom stereocenters. The zero-order chi connectivity index (χ0) is 19.2. The molecule has 1 aliphatic heterocycles. The number of carbonyl (C=O) groups excluding carboxylic acids is 1. The van der Waals surface area contributed by atoms with Gasteiger partial charge >= 0.3 is 12.0 Å². The van der Waals surface area contributed by atoms with Gasteiger partial charge in [0.2, 0.25) is 0 Å². The Labute approximate surface area is 164 Å². The van der Waals surface area contributed by atoms with E-state index in [2.05, 4.69) is 9.97 Å². The Kier molecular flexibility index (Phi) is 5.47. The molecule has 0 N–H and O–H groups in total. The van der Waals surface area contributed by atoms with Crippen LogP contribution in [0.4, 0.5) is 16.2 Å². The first-order valence-corrected chi connectivity index (χ1v) is 9.44. The molecule has 1 aromatic heterocycles.